The van der Waals surface area contributed by atoms with Gasteiger partial charge < -0.3 is 9.88 Å². The third-order valence-electron chi connectivity index (χ3n) is 4.15. The van der Waals surface area contributed by atoms with Gasteiger partial charge in [-0.3, -0.25) is 4.79 Å². The van der Waals surface area contributed by atoms with Gasteiger partial charge in [-0.25, -0.2) is 9.37 Å². The number of carbonyl (C=O) groups excluding carboxylic acids is 1. The largest absolute Gasteiger partial charge is 0.346 e. The van der Waals surface area contributed by atoms with E-state index >= 15 is 0 Å². The molecule has 0 aliphatic rings. The van der Waals surface area contributed by atoms with Crippen LogP contribution in [0.1, 0.15) is 29.9 Å². The van der Waals surface area contributed by atoms with E-state index in [1.807, 2.05) is 48.9 Å². The predicted molar refractivity (Wildman–Crippen MR) is 100 cm³/mol. The monoisotopic (exact) mass is 349 g/mol. The van der Waals surface area contributed by atoms with Crippen molar-refractivity contribution in [3.8, 4) is 5.69 Å². The number of carbonyl (C=O) groups is 1. The van der Waals surface area contributed by atoms with Crippen LogP contribution < -0.4 is 5.32 Å². The van der Waals surface area contributed by atoms with E-state index in [1.54, 1.807) is 24.4 Å². The van der Waals surface area contributed by atoms with Crippen LogP contribution in [-0.4, -0.2) is 15.5 Å². The van der Waals surface area contributed by atoms with Crippen LogP contribution in [0, 0.1) is 12.7 Å². The highest BCUT2D eigenvalue weighted by molar-refractivity contribution is 5.92. The maximum atomic E-state index is 13.6. The molecule has 1 amide bonds. The van der Waals surface area contributed by atoms with Crippen LogP contribution in [0.5, 0.6) is 0 Å². The van der Waals surface area contributed by atoms with Crippen molar-refractivity contribution in [2.24, 2.45) is 0 Å². The molecule has 0 radical (unpaired) electrons. The minimum absolute atomic E-state index is 0.184. The molecule has 1 N–H and O–H groups in total. The number of aryl methyl sites for hydroxylation is 1. The summed E-state index contributed by atoms with van der Waals surface area (Å²) in [6.45, 7) is 3.85. The van der Waals surface area contributed by atoms with Gasteiger partial charge in [0.05, 0.1) is 6.04 Å². The first-order valence-electron chi connectivity index (χ1n) is 8.38. The first-order valence-corrected chi connectivity index (χ1v) is 8.38. The van der Waals surface area contributed by atoms with Gasteiger partial charge in [0.25, 0.3) is 0 Å². The van der Waals surface area contributed by atoms with Crippen molar-refractivity contribution < 1.29 is 9.18 Å². The number of nitrogens with one attached hydrogen (secondary N) is 1. The van der Waals surface area contributed by atoms with Crippen molar-refractivity contribution in [3.63, 3.8) is 0 Å². The molecular weight excluding hydrogens is 329 g/mol. The van der Waals surface area contributed by atoms with Gasteiger partial charge in [-0.1, -0.05) is 30.3 Å². The van der Waals surface area contributed by atoms with E-state index in [2.05, 4.69) is 10.3 Å². The highest BCUT2D eigenvalue weighted by Gasteiger charge is 2.09. The Morgan fingerprint density at radius 1 is 1.23 bits per heavy atom. The third-order valence-corrected chi connectivity index (χ3v) is 4.15. The molecule has 0 aliphatic heterocycles. The Kier molecular flexibility index (Phi) is 5.27. The van der Waals surface area contributed by atoms with Gasteiger partial charge in [0.1, 0.15) is 11.6 Å². The molecule has 26 heavy (non-hydrogen) atoms. The molecule has 4 nitrogen and oxygen atoms in total. The lowest BCUT2D eigenvalue weighted by Gasteiger charge is -2.15. The van der Waals surface area contributed by atoms with Gasteiger partial charge in [-0.2, -0.15) is 0 Å². The molecule has 0 fully saturated rings. The van der Waals surface area contributed by atoms with Crippen molar-refractivity contribution in [1.82, 2.24) is 14.9 Å². The normalized spacial score (nSPS) is 12.3. The van der Waals surface area contributed by atoms with Crippen molar-refractivity contribution in [2.45, 2.75) is 19.9 Å². The smallest absolute Gasteiger partial charge is 0.244 e. The number of amides is 1. The SMILES string of the molecule is Cc1nccn1-c1cccc(C(C)NC(=O)C=Cc2ccccc2F)c1. The topological polar surface area (TPSA) is 46.9 Å². The molecule has 0 saturated carbocycles. The Hall–Kier alpha value is -3.21. The van der Waals surface area contributed by atoms with E-state index in [1.165, 1.54) is 18.2 Å². The molecule has 1 atom stereocenters. The molecule has 5 heteroatoms. The third kappa shape index (κ3) is 4.06. The second-order valence-corrected chi connectivity index (χ2v) is 6.02. The zero-order valence-electron chi connectivity index (χ0n) is 14.7. The fourth-order valence-electron chi connectivity index (χ4n) is 2.72. The molecule has 132 valence electrons. The molecule has 0 bridgehead atoms. The second kappa shape index (κ2) is 7.78. The predicted octanol–water partition coefficient (Wildman–Crippen LogP) is 4.21. The lowest BCUT2D eigenvalue weighted by molar-refractivity contribution is -0.117. The lowest BCUT2D eigenvalue weighted by atomic mass is 10.1. The number of rotatable bonds is 5. The van der Waals surface area contributed by atoms with E-state index in [0.717, 1.165) is 17.1 Å². The molecular formula is C21H20FN3O. The van der Waals surface area contributed by atoms with Crippen molar-refractivity contribution in [3.05, 3.63) is 89.8 Å². The van der Waals surface area contributed by atoms with Gasteiger partial charge in [0.15, 0.2) is 0 Å². The summed E-state index contributed by atoms with van der Waals surface area (Å²) in [5, 5.41) is 2.90. The minimum atomic E-state index is -0.354. The average Bonchev–Trinajstić information content (AvgIpc) is 3.07. The Labute approximate surface area is 152 Å². The Morgan fingerprint density at radius 2 is 2.04 bits per heavy atom. The average molecular weight is 349 g/mol. The van der Waals surface area contributed by atoms with Crippen LogP contribution in [0.25, 0.3) is 11.8 Å². The maximum Gasteiger partial charge on any atom is 0.244 e. The van der Waals surface area contributed by atoms with E-state index in [4.69, 9.17) is 0 Å². The van der Waals surface area contributed by atoms with Crippen molar-refractivity contribution >= 4 is 12.0 Å². The summed E-state index contributed by atoms with van der Waals surface area (Å²) in [7, 11) is 0. The fraction of sp³-hybridized carbons (Fsp3) is 0.143. The van der Waals surface area contributed by atoms with E-state index in [0.29, 0.717) is 5.56 Å². The molecule has 1 aromatic heterocycles. The Bertz CT molecular complexity index is 946. The number of aromatic nitrogens is 2. The quantitative estimate of drug-likeness (QED) is 0.702. The molecule has 1 unspecified atom stereocenters. The highest BCUT2D eigenvalue weighted by Crippen LogP contribution is 2.18. The van der Waals surface area contributed by atoms with Crippen LogP contribution in [0.3, 0.4) is 0 Å². The lowest BCUT2D eigenvalue weighted by Crippen LogP contribution is -2.24. The highest BCUT2D eigenvalue weighted by atomic mass is 19.1. The first kappa shape index (κ1) is 17.6. The summed E-state index contributed by atoms with van der Waals surface area (Å²) in [5.74, 6) is 0.268. The number of hydrogen-bond donors (Lipinski definition) is 1. The van der Waals surface area contributed by atoms with Crippen LogP contribution >= 0.6 is 0 Å². The number of imidazole rings is 1. The molecule has 0 spiro atoms. The van der Waals surface area contributed by atoms with Crippen LogP contribution in [0.15, 0.2) is 67.0 Å². The van der Waals surface area contributed by atoms with Gasteiger partial charge >= 0.3 is 0 Å². The van der Waals surface area contributed by atoms with E-state index in [-0.39, 0.29) is 17.8 Å². The second-order valence-electron chi connectivity index (χ2n) is 6.02. The standard InChI is InChI=1S/C21H20FN3O/c1-15(24-21(26)11-10-17-6-3-4-9-20(17)22)18-7-5-8-19(14-18)25-13-12-23-16(25)2/h3-15H,1-2H3,(H,24,26). The number of benzene rings is 2. The van der Waals surface area contributed by atoms with E-state index < -0.39 is 0 Å². The molecule has 2 aromatic carbocycles. The number of halogens is 1. The first-order chi connectivity index (χ1) is 12.5. The summed E-state index contributed by atoms with van der Waals surface area (Å²) < 4.78 is 15.6. The molecule has 3 rings (SSSR count). The Morgan fingerprint density at radius 3 is 2.77 bits per heavy atom. The minimum Gasteiger partial charge on any atom is -0.346 e. The summed E-state index contributed by atoms with van der Waals surface area (Å²) in [5.41, 5.74) is 2.34. The zero-order chi connectivity index (χ0) is 18.5. The van der Waals surface area contributed by atoms with Gasteiger partial charge in [-0.05, 0) is 43.7 Å². The number of nitrogens with zero attached hydrogens (tertiary/aromatic N) is 2. The van der Waals surface area contributed by atoms with Gasteiger partial charge in [0, 0.05) is 29.7 Å². The van der Waals surface area contributed by atoms with Gasteiger partial charge in [0.2, 0.25) is 5.91 Å². The maximum absolute atomic E-state index is 13.6. The Balaban J connectivity index is 1.70. The van der Waals surface area contributed by atoms with Crippen molar-refractivity contribution in [2.75, 3.05) is 0 Å². The summed E-state index contributed by atoms with van der Waals surface area (Å²) >= 11 is 0. The van der Waals surface area contributed by atoms with Crippen LogP contribution in [-0.2, 0) is 4.79 Å². The molecule has 0 saturated heterocycles. The molecule has 0 aliphatic carbocycles. The van der Waals surface area contributed by atoms with Crippen LogP contribution in [0.4, 0.5) is 4.39 Å². The molecule has 1 heterocycles. The van der Waals surface area contributed by atoms with Gasteiger partial charge in [-0.15, -0.1) is 0 Å². The fourth-order valence-corrected chi connectivity index (χ4v) is 2.72. The van der Waals surface area contributed by atoms with Crippen LogP contribution in [0.2, 0.25) is 0 Å². The summed E-state index contributed by atoms with van der Waals surface area (Å²) in [6.07, 6.45) is 6.47. The number of hydrogen-bond acceptors (Lipinski definition) is 2. The molecule has 3 aromatic rings. The van der Waals surface area contributed by atoms with E-state index in [9.17, 15) is 9.18 Å². The van der Waals surface area contributed by atoms with Crippen molar-refractivity contribution in [1.29, 1.82) is 0 Å². The summed E-state index contributed by atoms with van der Waals surface area (Å²) in [6, 6.07) is 14.1. The summed E-state index contributed by atoms with van der Waals surface area (Å²) in [4.78, 5) is 16.4. The zero-order valence-corrected chi connectivity index (χ0v) is 14.7.